The molecule has 78 heavy (non-hydrogen) atoms. The number of ether oxygens (including phenoxy) is 2. The topological polar surface area (TPSA) is 223 Å². The summed E-state index contributed by atoms with van der Waals surface area (Å²) < 4.78 is 68.3. The molecule has 2 amide bonds. The Bertz CT molecular complexity index is 3470. The number of benzene rings is 3. The molecule has 1 aliphatic carbocycles. The standard InChI is InChI=1S/C55H58F4N8O9S2/c1-7-54(74)37-19-41-46-35(23-66(41)50(71)36(37)24-75-51(54)72)45-39(13-12-32-28(4)38(56)20-40(61-46)44(32)45)62-52(73)76-26-53(5,6)78-77-31-14-16-65(17-15-31)22-29-8-10-30(11-9-29)67-47(34-18-33(27(2)3)42(68)21-43(34)69)63-64-48(67)49(70)60-25-55(57,58)59/h8-11,18-21,27,31,39,68-69,74H,7,12-17,22-26H2,1-6H3,(H,60,70)(H,62,73)/t39-,54+/m1/s1. The van der Waals surface area contributed by atoms with Gasteiger partial charge in [0.15, 0.2) is 11.4 Å². The smallest absolute Gasteiger partial charge is 0.407 e. The lowest BCUT2D eigenvalue weighted by Crippen LogP contribution is -2.44. The summed E-state index contributed by atoms with van der Waals surface area (Å²) in [5.41, 5.74) is 3.65. The SMILES string of the molecule is CC[C@@]1(O)C(=O)OCc2c1cc1n(c2=O)Cc2c-1nc1cc(F)c(C)c3c1c2[C@H](NC(=O)OCC(C)(C)SSC1CCN(Cc2ccc(-n4c(C(=O)NCC(F)(F)F)nnc4-c4cc(C(C)C)c(O)cc4O)cc2)CC1)CC3. The van der Waals surface area contributed by atoms with E-state index in [0.29, 0.717) is 63.9 Å². The number of carbonyl (C=O) groups is 3. The van der Waals surface area contributed by atoms with Gasteiger partial charge in [-0.25, -0.2) is 19.0 Å². The molecule has 2 atom stereocenters. The number of nitrogens with zero attached hydrogens (tertiary/aromatic N) is 6. The number of halogens is 4. The van der Waals surface area contributed by atoms with Gasteiger partial charge in [0, 0.05) is 46.1 Å². The minimum absolute atomic E-state index is 0.00733. The first-order valence-electron chi connectivity index (χ1n) is 25.7. The van der Waals surface area contributed by atoms with Crippen LogP contribution in [-0.4, -0.2) is 105 Å². The Morgan fingerprint density at radius 2 is 1.72 bits per heavy atom. The molecule has 412 valence electrons. The van der Waals surface area contributed by atoms with Crippen molar-refractivity contribution in [3.05, 3.63) is 115 Å². The van der Waals surface area contributed by atoms with E-state index in [1.54, 1.807) is 53.6 Å². The van der Waals surface area contributed by atoms with Crippen LogP contribution in [0.15, 0.2) is 53.3 Å². The predicted molar refractivity (Wildman–Crippen MR) is 285 cm³/mol. The maximum absolute atomic E-state index is 15.5. The molecular weight excluding hydrogens is 1060 g/mol. The number of hydrogen-bond acceptors (Lipinski definition) is 15. The first-order chi connectivity index (χ1) is 36.9. The molecule has 17 nitrogen and oxygen atoms in total. The van der Waals surface area contributed by atoms with E-state index in [2.05, 4.69) is 20.4 Å². The van der Waals surface area contributed by atoms with Crippen molar-refractivity contribution in [1.29, 1.82) is 0 Å². The highest BCUT2D eigenvalue weighted by molar-refractivity contribution is 8.77. The third kappa shape index (κ3) is 10.3. The van der Waals surface area contributed by atoms with Crippen LogP contribution in [0.3, 0.4) is 0 Å². The number of aromatic hydroxyl groups is 2. The third-order valence-electron chi connectivity index (χ3n) is 15.1. The van der Waals surface area contributed by atoms with Gasteiger partial charge in [-0.1, -0.05) is 54.5 Å². The number of amides is 2. The minimum Gasteiger partial charge on any atom is -0.508 e. The van der Waals surface area contributed by atoms with Gasteiger partial charge in [-0.05, 0) is 124 Å². The first-order valence-corrected chi connectivity index (χ1v) is 27.9. The van der Waals surface area contributed by atoms with Gasteiger partial charge < -0.3 is 40.0 Å². The van der Waals surface area contributed by atoms with E-state index >= 15 is 4.39 Å². The third-order valence-corrected chi connectivity index (χ3v) is 19.0. The average molecular weight is 1120 g/mol. The van der Waals surface area contributed by atoms with Crippen LogP contribution in [-0.2, 0) is 46.0 Å². The summed E-state index contributed by atoms with van der Waals surface area (Å²) in [4.78, 5) is 60.9. The maximum Gasteiger partial charge on any atom is 0.407 e. The first kappa shape index (κ1) is 54.7. The Morgan fingerprint density at radius 1 is 0.987 bits per heavy atom. The molecule has 1 saturated heterocycles. The van der Waals surface area contributed by atoms with Crippen LogP contribution in [0.5, 0.6) is 11.5 Å². The van der Waals surface area contributed by atoms with E-state index in [1.807, 2.05) is 45.1 Å². The molecule has 3 aromatic heterocycles. The number of aliphatic hydroxyl groups is 1. The number of cyclic esters (lactones) is 1. The average Bonchev–Trinajstić information content (AvgIpc) is 3.90. The van der Waals surface area contributed by atoms with E-state index in [4.69, 9.17) is 14.5 Å². The number of carbonyl (C=O) groups excluding carboxylic acids is 3. The highest BCUT2D eigenvalue weighted by atomic mass is 33.1. The molecule has 6 aromatic rings. The predicted octanol–water partition coefficient (Wildman–Crippen LogP) is 9.14. The largest absolute Gasteiger partial charge is 0.508 e. The monoisotopic (exact) mass is 1110 g/mol. The van der Waals surface area contributed by atoms with Gasteiger partial charge in [0.1, 0.15) is 37.1 Å². The molecule has 5 N–H and O–H groups in total. The maximum atomic E-state index is 15.5. The second-order valence-electron chi connectivity index (χ2n) is 21.3. The summed E-state index contributed by atoms with van der Waals surface area (Å²) in [6.45, 7) is 11.6. The molecule has 1 fully saturated rings. The summed E-state index contributed by atoms with van der Waals surface area (Å²) in [5.74, 6) is -3.48. The number of alkyl halides is 3. The molecule has 0 bridgehead atoms. The van der Waals surface area contributed by atoms with Gasteiger partial charge in [-0.2, -0.15) is 13.2 Å². The Morgan fingerprint density at radius 3 is 2.41 bits per heavy atom. The minimum atomic E-state index is -4.67. The van der Waals surface area contributed by atoms with E-state index in [-0.39, 0.29) is 66.1 Å². The highest BCUT2D eigenvalue weighted by Gasteiger charge is 2.46. The molecule has 3 aliphatic heterocycles. The van der Waals surface area contributed by atoms with E-state index in [0.717, 1.165) is 54.1 Å². The molecule has 23 heteroatoms. The number of likely N-dealkylation sites (tertiary alicyclic amines) is 1. The molecule has 4 aliphatic rings. The van der Waals surface area contributed by atoms with Gasteiger partial charge in [0.25, 0.3) is 11.5 Å². The molecule has 0 unspecified atom stereocenters. The number of phenolic OH excluding ortho intramolecular Hbond substituents is 2. The van der Waals surface area contributed by atoms with Crippen LogP contribution in [0, 0.1) is 12.7 Å². The van der Waals surface area contributed by atoms with Crippen molar-refractivity contribution in [2.45, 2.75) is 127 Å². The fourth-order valence-corrected chi connectivity index (χ4v) is 13.7. The van der Waals surface area contributed by atoms with Crippen LogP contribution in [0.4, 0.5) is 22.4 Å². The van der Waals surface area contributed by atoms with Crippen LogP contribution < -0.4 is 16.2 Å². The van der Waals surface area contributed by atoms with Crippen LogP contribution in [0.25, 0.3) is 39.4 Å². The van der Waals surface area contributed by atoms with E-state index < -0.39 is 64.3 Å². The van der Waals surface area contributed by atoms with Crippen molar-refractivity contribution >= 4 is 50.5 Å². The molecule has 0 spiro atoms. The molecule has 0 radical (unpaired) electrons. The lowest BCUT2D eigenvalue weighted by atomic mass is 9.81. The second kappa shape index (κ2) is 20.8. The fraction of sp³-hybridized carbons (Fsp3) is 0.436. The zero-order chi connectivity index (χ0) is 55.7. The number of esters is 1. The van der Waals surface area contributed by atoms with Gasteiger partial charge >= 0.3 is 18.2 Å². The summed E-state index contributed by atoms with van der Waals surface area (Å²) in [7, 11) is 3.40. The highest BCUT2D eigenvalue weighted by Crippen LogP contribution is 2.47. The van der Waals surface area contributed by atoms with Crippen molar-refractivity contribution in [2.24, 2.45) is 0 Å². The van der Waals surface area contributed by atoms with E-state index in [1.165, 1.54) is 21.3 Å². The number of piperidine rings is 1. The van der Waals surface area contributed by atoms with Gasteiger partial charge in [-0.15, -0.1) is 10.2 Å². The lowest BCUT2D eigenvalue weighted by molar-refractivity contribution is -0.172. The van der Waals surface area contributed by atoms with E-state index in [9.17, 15) is 47.7 Å². The number of aromatic nitrogens is 5. The number of nitrogens with one attached hydrogen (secondary N) is 2. The molecular formula is C55H58F4N8O9S2. The quantitative estimate of drug-likeness (QED) is 0.0389. The zero-order valence-electron chi connectivity index (χ0n) is 43.6. The van der Waals surface area contributed by atoms with Crippen molar-refractivity contribution in [1.82, 2.24) is 39.8 Å². The molecule has 3 aromatic carbocycles. The second-order valence-corrected chi connectivity index (χ2v) is 24.5. The lowest BCUT2D eigenvalue weighted by Gasteiger charge is -2.33. The number of rotatable bonds is 14. The number of aryl methyl sites for hydroxylation is 1. The van der Waals surface area contributed by atoms with Gasteiger partial charge in [0.2, 0.25) is 5.82 Å². The molecule has 0 saturated carbocycles. The van der Waals surface area contributed by atoms with Crippen LogP contribution >= 0.6 is 21.6 Å². The Balaban J connectivity index is 0.768. The van der Waals surface area contributed by atoms with Crippen molar-refractivity contribution in [3.8, 4) is 40.0 Å². The number of phenols is 2. The zero-order valence-corrected chi connectivity index (χ0v) is 45.3. The van der Waals surface area contributed by atoms with Crippen molar-refractivity contribution in [3.63, 3.8) is 0 Å². The summed E-state index contributed by atoms with van der Waals surface area (Å²) in [6.07, 6.45) is -2.63. The van der Waals surface area contributed by atoms with Gasteiger partial charge in [0.05, 0.1) is 45.4 Å². The number of alkyl carbamates (subject to hydrolysis) is 1. The van der Waals surface area contributed by atoms with Crippen molar-refractivity contribution in [2.75, 3.05) is 26.2 Å². The Labute approximate surface area is 453 Å². The normalized spacial score (nSPS) is 18.4. The number of hydrogen-bond donors (Lipinski definition) is 5. The number of fused-ring (bicyclic) bond motifs is 5. The van der Waals surface area contributed by atoms with Gasteiger partial charge in [-0.3, -0.25) is 19.1 Å². The van der Waals surface area contributed by atoms with Crippen LogP contribution in [0.1, 0.15) is 127 Å². The molecule has 6 heterocycles. The summed E-state index contributed by atoms with van der Waals surface area (Å²) >= 11 is 0. The van der Waals surface area contributed by atoms with Crippen LogP contribution in [0.2, 0.25) is 0 Å². The Hall–Kier alpha value is -6.69. The summed E-state index contributed by atoms with van der Waals surface area (Å²) in [6, 6.07) is 12.2. The number of pyridine rings is 2. The van der Waals surface area contributed by atoms with Crippen molar-refractivity contribution < 1.29 is 56.7 Å². The Kier molecular flexibility index (Phi) is 14.6. The summed E-state index contributed by atoms with van der Waals surface area (Å²) in [5, 5.41) is 46.8. The molecule has 10 rings (SSSR count). The fourth-order valence-electron chi connectivity index (χ4n) is 10.9.